The molecule has 10 unspecified atom stereocenters. The van der Waals surface area contributed by atoms with E-state index in [4.69, 9.17) is 23.7 Å². The lowest BCUT2D eigenvalue weighted by atomic mass is 9.44. The molecular formula is C33H42O10. The SMILES string of the molecule is CC(=O)OCC1=C(C)CC(CC2CCC3C4CC5OC56[C@H](OC(C)=O)C=CC(=O)C6(C)C4CC(OC(C)=O)C23C)OC1=O. The fraction of sp³-hybridized carbons (Fsp3) is 0.727. The summed E-state index contributed by atoms with van der Waals surface area (Å²) >= 11 is 0. The number of esters is 4. The molecular weight excluding hydrogens is 556 g/mol. The molecule has 0 N–H and O–H groups in total. The standard InChI is InChI=1S/C33H42O10/c1-16-11-21(42-30(38)23(16)15-39-17(2)34)12-20-7-8-24-22-13-29-33(43-29)27(40-18(3)35)10-9-26(37)32(33,6)25(22)14-28(31(20,24)5)41-19(4)36/h9-10,20-22,24-25,27-29H,7-8,11-15H2,1-6H3/t20?,21?,22?,24?,25?,27-,28?,29?,31?,32?,33?/m1/s1. The second-order valence-corrected chi connectivity index (χ2v) is 13.9. The van der Waals surface area contributed by atoms with Gasteiger partial charge in [0.2, 0.25) is 0 Å². The highest BCUT2D eigenvalue weighted by molar-refractivity contribution is 5.98. The Morgan fingerprint density at radius 2 is 1.70 bits per heavy atom. The van der Waals surface area contributed by atoms with Crippen molar-refractivity contribution < 1.29 is 47.7 Å². The first-order valence-electron chi connectivity index (χ1n) is 15.5. The van der Waals surface area contributed by atoms with E-state index in [1.165, 1.54) is 26.8 Å². The van der Waals surface area contributed by atoms with Crippen LogP contribution in [0.4, 0.5) is 0 Å². The summed E-state index contributed by atoms with van der Waals surface area (Å²) in [6.07, 6.45) is 5.81. The fourth-order valence-electron chi connectivity index (χ4n) is 10.0. The maximum Gasteiger partial charge on any atom is 0.337 e. The normalized spacial score (nSPS) is 44.3. The van der Waals surface area contributed by atoms with E-state index in [0.717, 1.165) is 24.8 Å². The van der Waals surface area contributed by atoms with Gasteiger partial charge in [-0.2, -0.15) is 0 Å². The summed E-state index contributed by atoms with van der Waals surface area (Å²) in [7, 11) is 0. The molecule has 4 fully saturated rings. The smallest absolute Gasteiger partial charge is 0.337 e. The Bertz CT molecular complexity index is 1330. The second kappa shape index (κ2) is 10.3. The number of hydrogen-bond donors (Lipinski definition) is 0. The molecule has 10 nitrogen and oxygen atoms in total. The molecule has 3 saturated carbocycles. The van der Waals surface area contributed by atoms with E-state index < -0.39 is 41.1 Å². The molecule has 10 heteroatoms. The summed E-state index contributed by atoms with van der Waals surface area (Å²) in [5.41, 5.74) is -0.963. The van der Waals surface area contributed by atoms with Crippen molar-refractivity contribution >= 4 is 29.7 Å². The quantitative estimate of drug-likeness (QED) is 0.252. The van der Waals surface area contributed by atoms with Crippen molar-refractivity contribution in [3.05, 3.63) is 23.3 Å². The first-order valence-corrected chi connectivity index (χ1v) is 15.5. The maximum absolute atomic E-state index is 13.8. The third kappa shape index (κ3) is 4.41. The topological polar surface area (TPSA) is 135 Å². The zero-order chi connectivity index (χ0) is 31.1. The lowest BCUT2D eigenvalue weighted by Gasteiger charge is -2.60. The Balaban J connectivity index is 1.29. The van der Waals surface area contributed by atoms with Crippen molar-refractivity contribution in [3.63, 3.8) is 0 Å². The van der Waals surface area contributed by atoms with Crippen LogP contribution in [0.25, 0.3) is 0 Å². The number of fused-ring (bicyclic) bond motifs is 4. The molecule has 0 radical (unpaired) electrons. The van der Waals surface area contributed by atoms with Crippen LogP contribution in [0, 0.1) is 34.5 Å². The van der Waals surface area contributed by atoms with Crippen LogP contribution in [-0.2, 0) is 47.7 Å². The largest absolute Gasteiger partial charge is 0.462 e. The summed E-state index contributed by atoms with van der Waals surface area (Å²) in [5.74, 6) is -1.40. The number of cyclic esters (lactones) is 1. The number of epoxide rings is 1. The molecule has 1 saturated heterocycles. The number of carbonyl (C=O) groups is 5. The predicted molar refractivity (Wildman–Crippen MR) is 150 cm³/mol. The zero-order valence-corrected chi connectivity index (χ0v) is 25.8. The Morgan fingerprint density at radius 3 is 2.35 bits per heavy atom. The summed E-state index contributed by atoms with van der Waals surface area (Å²) in [5, 5.41) is 0. The molecule has 11 atom stereocenters. The first-order chi connectivity index (χ1) is 20.2. The Hall–Kier alpha value is -3.01. The molecule has 0 amide bonds. The molecule has 0 aromatic heterocycles. The van der Waals surface area contributed by atoms with Crippen LogP contribution in [0.1, 0.15) is 80.1 Å². The van der Waals surface area contributed by atoms with Crippen molar-refractivity contribution in [2.75, 3.05) is 6.61 Å². The number of rotatable bonds is 6. The molecule has 234 valence electrons. The van der Waals surface area contributed by atoms with E-state index in [1.54, 1.807) is 6.08 Å². The van der Waals surface area contributed by atoms with Gasteiger partial charge in [-0.05, 0) is 81.8 Å². The van der Waals surface area contributed by atoms with Crippen molar-refractivity contribution in [2.24, 2.45) is 34.5 Å². The number of ketones is 1. The van der Waals surface area contributed by atoms with Gasteiger partial charge in [-0.25, -0.2) is 4.79 Å². The van der Waals surface area contributed by atoms with Crippen LogP contribution in [0.5, 0.6) is 0 Å². The molecule has 0 aromatic carbocycles. The highest BCUT2D eigenvalue weighted by Crippen LogP contribution is 2.73. The average Bonchev–Trinajstić information content (AvgIpc) is 3.55. The van der Waals surface area contributed by atoms with E-state index in [9.17, 15) is 24.0 Å². The Kier molecular flexibility index (Phi) is 7.18. The van der Waals surface area contributed by atoms with Crippen LogP contribution in [-0.4, -0.2) is 66.3 Å². The highest BCUT2D eigenvalue weighted by atomic mass is 16.7. The minimum atomic E-state index is -0.924. The van der Waals surface area contributed by atoms with Gasteiger partial charge in [0.05, 0.1) is 17.1 Å². The van der Waals surface area contributed by atoms with E-state index in [0.29, 0.717) is 24.8 Å². The van der Waals surface area contributed by atoms with Gasteiger partial charge in [-0.1, -0.05) is 12.5 Å². The van der Waals surface area contributed by atoms with Gasteiger partial charge in [-0.3, -0.25) is 19.2 Å². The Morgan fingerprint density at radius 1 is 0.977 bits per heavy atom. The van der Waals surface area contributed by atoms with Gasteiger partial charge in [-0.15, -0.1) is 0 Å². The number of allylic oxidation sites excluding steroid dienone is 1. The lowest BCUT2D eigenvalue weighted by Crippen LogP contribution is -2.66. The first kappa shape index (κ1) is 30.0. The molecule has 0 aromatic rings. The van der Waals surface area contributed by atoms with Gasteiger partial charge in [0.25, 0.3) is 0 Å². The maximum atomic E-state index is 13.8. The number of ether oxygens (including phenoxy) is 5. The van der Waals surface area contributed by atoms with Crippen LogP contribution >= 0.6 is 0 Å². The number of carbonyl (C=O) groups excluding carboxylic acids is 5. The molecule has 0 bridgehead atoms. The minimum Gasteiger partial charge on any atom is -0.462 e. The second-order valence-electron chi connectivity index (χ2n) is 13.9. The monoisotopic (exact) mass is 598 g/mol. The molecule has 1 spiro atoms. The summed E-state index contributed by atoms with van der Waals surface area (Å²) in [4.78, 5) is 62.4. The average molecular weight is 599 g/mol. The van der Waals surface area contributed by atoms with Gasteiger partial charge < -0.3 is 23.7 Å². The fourth-order valence-corrected chi connectivity index (χ4v) is 10.0. The molecule has 2 aliphatic heterocycles. The molecule has 43 heavy (non-hydrogen) atoms. The summed E-state index contributed by atoms with van der Waals surface area (Å²) < 4.78 is 29.2. The minimum absolute atomic E-state index is 0.0336. The van der Waals surface area contributed by atoms with E-state index in [-0.39, 0.29) is 59.7 Å². The van der Waals surface area contributed by atoms with Crippen LogP contribution < -0.4 is 0 Å². The zero-order valence-electron chi connectivity index (χ0n) is 25.8. The molecule has 6 rings (SSSR count). The Labute approximate surface area is 251 Å². The molecule has 4 aliphatic carbocycles. The van der Waals surface area contributed by atoms with Gasteiger partial charge in [0.15, 0.2) is 11.9 Å². The lowest BCUT2D eigenvalue weighted by molar-refractivity contribution is -0.192. The predicted octanol–water partition coefficient (Wildman–Crippen LogP) is 3.79. The van der Waals surface area contributed by atoms with Crippen molar-refractivity contribution in [1.82, 2.24) is 0 Å². The van der Waals surface area contributed by atoms with Crippen molar-refractivity contribution in [3.8, 4) is 0 Å². The molecule has 6 aliphatic rings. The van der Waals surface area contributed by atoms with Crippen molar-refractivity contribution in [2.45, 2.75) is 110 Å². The van der Waals surface area contributed by atoms with Gasteiger partial charge in [0, 0.05) is 32.6 Å². The van der Waals surface area contributed by atoms with E-state index in [2.05, 4.69) is 6.92 Å². The van der Waals surface area contributed by atoms with E-state index >= 15 is 0 Å². The number of hydrogen-bond acceptors (Lipinski definition) is 10. The third-order valence-corrected chi connectivity index (χ3v) is 12.0. The van der Waals surface area contributed by atoms with Gasteiger partial charge in [0.1, 0.15) is 24.4 Å². The van der Waals surface area contributed by atoms with Crippen LogP contribution in [0.3, 0.4) is 0 Å². The summed E-state index contributed by atoms with van der Waals surface area (Å²) in [6.45, 7) is 10.0. The van der Waals surface area contributed by atoms with Crippen LogP contribution in [0.2, 0.25) is 0 Å². The summed E-state index contributed by atoms with van der Waals surface area (Å²) in [6, 6.07) is 0. The van der Waals surface area contributed by atoms with Crippen molar-refractivity contribution in [1.29, 1.82) is 0 Å². The van der Waals surface area contributed by atoms with Crippen LogP contribution in [0.15, 0.2) is 23.3 Å². The highest BCUT2D eigenvalue weighted by Gasteiger charge is 2.82. The van der Waals surface area contributed by atoms with Gasteiger partial charge >= 0.3 is 23.9 Å². The third-order valence-electron chi connectivity index (χ3n) is 12.0. The molecule has 2 heterocycles. The van der Waals surface area contributed by atoms with E-state index in [1.807, 2.05) is 13.8 Å².